The van der Waals surface area contributed by atoms with Gasteiger partial charge >= 0.3 is 5.97 Å². The number of esters is 1. The summed E-state index contributed by atoms with van der Waals surface area (Å²) in [7, 11) is 0. The minimum atomic E-state index is -0.356. The number of carbonyl (C=O) groups is 1. The summed E-state index contributed by atoms with van der Waals surface area (Å²) in [6.45, 7) is 9.14. The molecule has 0 heterocycles. The van der Waals surface area contributed by atoms with Crippen molar-refractivity contribution >= 4 is 5.97 Å². The zero-order valence-electron chi connectivity index (χ0n) is 9.35. The molecule has 3 nitrogen and oxygen atoms in total. The molecule has 1 rings (SSSR count). The molecule has 0 saturated heterocycles. The molecule has 1 atom stereocenters. The third-order valence-electron chi connectivity index (χ3n) is 2.22. The van der Waals surface area contributed by atoms with Gasteiger partial charge in [0, 0.05) is 6.42 Å². The molecule has 0 unspecified atom stereocenters. The number of benzene rings is 1. The monoisotopic (exact) mass is 217 g/mol. The summed E-state index contributed by atoms with van der Waals surface area (Å²) >= 11 is 0. The summed E-state index contributed by atoms with van der Waals surface area (Å²) in [5.41, 5.74) is 0.530. The van der Waals surface area contributed by atoms with Crippen LogP contribution in [-0.2, 0) is 4.74 Å². The molecule has 1 aromatic carbocycles. The molecule has 0 bridgehead atoms. The molecule has 0 aliphatic rings. The fourth-order valence-electron chi connectivity index (χ4n) is 1.35. The highest BCUT2D eigenvalue weighted by atomic mass is 16.5. The maximum Gasteiger partial charge on any atom is 0.338 e. The van der Waals surface area contributed by atoms with Crippen molar-refractivity contribution in [3.8, 4) is 0 Å². The fraction of sp³-hybridized carbons (Fsp3) is 0.385. The molecular formula is C13H15NO2. The molecular weight excluding hydrogens is 202 g/mol. The first-order chi connectivity index (χ1) is 7.77. The van der Waals surface area contributed by atoms with E-state index in [9.17, 15) is 4.79 Å². The van der Waals surface area contributed by atoms with Gasteiger partial charge in [-0.2, -0.15) is 0 Å². The van der Waals surface area contributed by atoms with Gasteiger partial charge in [0.15, 0.2) is 6.61 Å². The quantitative estimate of drug-likeness (QED) is 0.560. The summed E-state index contributed by atoms with van der Waals surface area (Å²) in [6, 6.07) is 8.61. The van der Waals surface area contributed by atoms with E-state index in [1.165, 1.54) is 0 Å². The standard InChI is InChI=1S/C13H15NO2/c1-3-7-12(14-2)10-16-13(15)11-8-5-4-6-9-11/h4-6,8-9,12H,3,7,10H2,1H3/t12-/m0/s1. The number of carbonyl (C=O) groups excluding carboxylic acids is 1. The lowest BCUT2D eigenvalue weighted by Gasteiger charge is -2.06. The van der Waals surface area contributed by atoms with Crippen LogP contribution in [0.1, 0.15) is 30.1 Å². The van der Waals surface area contributed by atoms with E-state index in [1.54, 1.807) is 24.3 Å². The molecule has 0 amide bonds. The third-order valence-corrected chi connectivity index (χ3v) is 2.22. The molecule has 3 heteroatoms. The van der Waals surface area contributed by atoms with Crippen LogP contribution in [0.25, 0.3) is 4.85 Å². The highest BCUT2D eigenvalue weighted by molar-refractivity contribution is 5.89. The minimum Gasteiger partial charge on any atom is -0.454 e. The van der Waals surface area contributed by atoms with Crippen molar-refractivity contribution in [2.24, 2.45) is 0 Å². The first-order valence-electron chi connectivity index (χ1n) is 5.36. The lowest BCUT2D eigenvalue weighted by molar-refractivity contribution is 0.0491. The van der Waals surface area contributed by atoms with Gasteiger partial charge in [-0.05, 0) is 18.6 Å². The highest BCUT2D eigenvalue weighted by Gasteiger charge is 2.15. The first-order valence-corrected chi connectivity index (χ1v) is 5.36. The van der Waals surface area contributed by atoms with E-state index in [1.807, 2.05) is 13.0 Å². The van der Waals surface area contributed by atoms with Crippen LogP contribution in [0.15, 0.2) is 30.3 Å². The first kappa shape index (κ1) is 12.3. The number of ether oxygens (including phenoxy) is 1. The van der Waals surface area contributed by atoms with Crippen LogP contribution in [-0.4, -0.2) is 18.6 Å². The van der Waals surface area contributed by atoms with Crippen molar-refractivity contribution in [3.05, 3.63) is 47.3 Å². The number of hydrogen-bond donors (Lipinski definition) is 0. The topological polar surface area (TPSA) is 30.7 Å². The van der Waals surface area contributed by atoms with E-state index in [4.69, 9.17) is 11.3 Å². The van der Waals surface area contributed by atoms with Crippen LogP contribution in [0.4, 0.5) is 0 Å². The van der Waals surface area contributed by atoms with Gasteiger partial charge < -0.3 is 9.58 Å². The molecule has 0 fully saturated rings. The van der Waals surface area contributed by atoms with E-state index in [2.05, 4.69) is 4.85 Å². The largest absolute Gasteiger partial charge is 0.454 e. The Morgan fingerprint density at radius 2 is 2.12 bits per heavy atom. The Morgan fingerprint density at radius 3 is 2.69 bits per heavy atom. The molecule has 0 aliphatic carbocycles. The molecule has 0 aromatic heterocycles. The zero-order chi connectivity index (χ0) is 11.8. The van der Waals surface area contributed by atoms with Gasteiger partial charge in [0.25, 0.3) is 6.04 Å². The second kappa shape index (κ2) is 6.62. The van der Waals surface area contributed by atoms with Crippen LogP contribution < -0.4 is 0 Å². The van der Waals surface area contributed by atoms with Crippen molar-refractivity contribution in [1.29, 1.82) is 0 Å². The van der Waals surface area contributed by atoms with E-state index in [0.717, 1.165) is 12.8 Å². The Balaban J connectivity index is 2.44. The van der Waals surface area contributed by atoms with Crippen molar-refractivity contribution in [3.63, 3.8) is 0 Å². The average Bonchev–Trinajstić information content (AvgIpc) is 2.35. The van der Waals surface area contributed by atoms with E-state index in [0.29, 0.717) is 5.56 Å². The van der Waals surface area contributed by atoms with Crippen molar-refractivity contribution in [2.75, 3.05) is 6.61 Å². The summed E-state index contributed by atoms with van der Waals surface area (Å²) in [5, 5.41) is 0. The molecule has 0 N–H and O–H groups in total. The Labute approximate surface area is 95.9 Å². The summed E-state index contributed by atoms with van der Waals surface area (Å²) in [6.07, 6.45) is 1.70. The second-order valence-electron chi connectivity index (χ2n) is 3.54. The van der Waals surface area contributed by atoms with Gasteiger partial charge in [-0.25, -0.2) is 11.4 Å². The van der Waals surface area contributed by atoms with Crippen molar-refractivity contribution in [1.82, 2.24) is 0 Å². The second-order valence-corrected chi connectivity index (χ2v) is 3.54. The van der Waals surface area contributed by atoms with Crippen molar-refractivity contribution in [2.45, 2.75) is 25.8 Å². The zero-order valence-corrected chi connectivity index (χ0v) is 9.35. The van der Waals surface area contributed by atoms with Gasteiger partial charge in [0.2, 0.25) is 0 Å². The molecule has 0 spiro atoms. The number of hydrogen-bond acceptors (Lipinski definition) is 2. The van der Waals surface area contributed by atoms with Crippen LogP contribution in [0.2, 0.25) is 0 Å². The SMILES string of the molecule is [C-]#[N+][C@@H](CCC)COC(=O)c1ccccc1. The van der Waals surface area contributed by atoms with Gasteiger partial charge in [0.05, 0.1) is 5.56 Å². The molecule has 84 valence electrons. The third kappa shape index (κ3) is 3.74. The normalized spacial score (nSPS) is 11.5. The maximum absolute atomic E-state index is 11.5. The lowest BCUT2D eigenvalue weighted by atomic mass is 10.2. The van der Waals surface area contributed by atoms with Crippen LogP contribution >= 0.6 is 0 Å². The minimum absolute atomic E-state index is 0.186. The molecule has 0 radical (unpaired) electrons. The lowest BCUT2D eigenvalue weighted by Crippen LogP contribution is -2.15. The predicted octanol–water partition coefficient (Wildman–Crippen LogP) is 2.93. The Kier molecular flexibility index (Phi) is 5.07. The summed E-state index contributed by atoms with van der Waals surface area (Å²) in [5.74, 6) is -0.356. The van der Waals surface area contributed by atoms with Crippen LogP contribution in [0.3, 0.4) is 0 Å². The Morgan fingerprint density at radius 1 is 1.44 bits per heavy atom. The molecule has 0 saturated carbocycles. The van der Waals surface area contributed by atoms with Crippen LogP contribution in [0.5, 0.6) is 0 Å². The maximum atomic E-state index is 11.5. The summed E-state index contributed by atoms with van der Waals surface area (Å²) in [4.78, 5) is 15.0. The number of rotatable bonds is 5. The summed E-state index contributed by atoms with van der Waals surface area (Å²) < 4.78 is 5.08. The van der Waals surface area contributed by atoms with E-state index in [-0.39, 0.29) is 18.6 Å². The molecule has 1 aromatic rings. The van der Waals surface area contributed by atoms with Gasteiger partial charge in [-0.3, -0.25) is 0 Å². The van der Waals surface area contributed by atoms with Crippen LogP contribution in [0, 0.1) is 6.57 Å². The van der Waals surface area contributed by atoms with Gasteiger partial charge in [-0.15, -0.1) is 0 Å². The van der Waals surface area contributed by atoms with Gasteiger partial charge in [0.1, 0.15) is 0 Å². The average molecular weight is 217 g/mol. The molecule has 0 aliphatic heterocycles. The number of nitrogens with zero attached hydrogens (tertiary/aromatic N) is 1. The van der Waals surface area contributed by atoms with E-state index < -0.39 is 0 Å². The fourth-order valence-corrected chi connectivity index (χ4v) is 1.35. The smallest absolute Gasteiger partial charge is 0.338 e. The van der Waals surface area contributed by atoms with E-state index >= 15 is 0 Å². The Bertz CT molecular complexity index is 367. The van der Waals surface area contributed by atoms with Gasteiger partial charge in [-0.1, -0.05) is 25.1 Å². The molecule has 16 heavy (non-hydrogen) atoms. The highest BCUT2D eigenvalue weighted by Crippen LogP contribution is 2.05. The van der Waals surface area contributed by atoms with Crippen molar-refractivity contribution < 1.29 is 9.53 Å². The Hall–Kier alpha value is -1.82. The predicted molar refractivity (Wildman–Crippen MR) is 62.0 cm³/mol.